The molecule has 0 spiro atoms. The van der Waals surface area contributed by atoms with E-state index in [-0.39, 0.29) is 11.7 Å². The Morgan fingerprint density at radius 3 is 2.88 bits per heavy atom. The van der Waals surface area contributed by atoms with E-state index >= 15 is 0 Å². The Balaban J connectivity index is 1.60. The molecule has 0 bridgehead atoms. The smallest absolute Gasteiger partial charge is 0.348 e. The summed E-state index contributed by atoms with van der Waals surface area (Å²) >= 11 is 1.17. The molecule has 1 N–H and O–H groups in total. The summed E-state index contributed by atoms with van der Waals surface area (Å²) in [6.07, 6.45) is 1.81. The number of hydrogen-bond donors (Lipinski definition) is 1. The predicted octanol–water partition coefficient (Wildman–Crippen LogP) is 3.01. The number of thiophene rings is 1. The van der Waals surface area contributed by atoms with Gasteiger partial charge in [0.2, 0.25) is 0 Å². The number of halogens is 1. The number of benzene rings is 1. The largest absolute Gasteiger partial charge is 0.451 e. The molecule has 5 nitrogen and oxygen atoms in total. The Morgan fingerprint density at radius 1 is 1.46 bits per heavy atom. The highest BCUT2D eigenvalue weighted by molar-refractivity contribution is 7.20. The van der Waals surface area contributed by atoms with Crippen molar-refractivity contribution in [1.29, 1.82) is 5.26 Å². The van der Waals surface area contributed by atoms with Crippen molar-refractivity contribution in [2.24, 2.45) is 5.92 Å². The quantitative estimate of drug-likeness (QED) is 0.844. The second-order valence-corrected chi connectivity index (χ2v) is 7.09. The number of nitriles is 1. The van der Waals surface area contributed by atoms with Gasteiger partial charge in [0.1, 0.15) is 16.2 Å². The first kappa shape index (κ1) is 16.4. The van der Waals surface area contributed by atoms with Crippen LogP contribution >= 0.6 is 11.3 Å². The molecule has 0 unspecified atom stereocenters. The fourth-order valence-electron chi connectivity index (χ4n) is 2.52. The van der Waals surface area contributed by atoms with Gasteiger partial charge in [-0.15, -0.1) is 11.3 Å². The molecule has 1 aromatic carbocycles. The summed E-state index contributed by atoms with van der Waals surface area (Å²) in [5.74, 6) is -1.38. The third kappa shape index (κ3) is 3.39. The highest BCUT2D eigenvalue weighted by Crippen LogP contribution is 2.39. The highest BCUT2D eigenvalue weighted by Gasteiger charge is 2.43. The van der Waals surface area contributed by atoms with Gasteiger partial charge in [-0.1, -0.05) is 0 Å². The van der Waals surface area contributed by atoms with Crippen LogP contribution in [-0.4, -0.2) is 24.0 Å². The normalized spacial score (nSPS) is 16.2. The average Bonchev–Trinajstić information content (AvgIpc) is 3.33. The molecule has 24 heavy (non-hydrogen) atoms. The number of carbonyl (C=O) groups excluding carboxylic acids is 2. The zero-order valence-corrected chi connectivity index (χ0v) is 13.8. The molecule has 3 rings (SSSR count). The molecule has 2 aromatic rings. The van der Waals surface area contributed by atoms with Crippen molar-refractivity contribution >= 4 is 33.3 Å². The average molecular weight is 346 g/mol. The first-order valence-electron chi connectivity index (χ1n) is 7.50. The Kier molecular flexibility index (Phi) is 4.24. The van der Waals surface area contributed by atoms with Crippen LogP contribution in [0.4, 0.5) is 4.39 Å². The van der Waals surface area contributed by atoms with Crippen molar-refractivity contribution in [1.82, 2.24) is 5.32 Å². The Labute approximate surface area is 142 Å². The van der Waals surface area contributed by atoms with Gasteiger partial charge in [-0.05, 0) is 55.3 Å². The lowest BCUT2D eigenvalue weighted by Gasteiger charge is -2.22. The lowest BCUT2D eigenvalue weighted by atomic mass is 9.98. The van der Waals surface area contributed by atoms with E-state index in [0.29, 0.717) is 10.3 Å². The van der Waals surface area contributed by atoms with Crippen LogP contribution in [0.2, 0.25) is 0 Å². The lowest BCUT2D eigenvalue weighted by Crippen LogP contribution is -2.48. The number of esters is 1. The summed E-state index contributed by atoms with van der Waals surface area (Å²) in [5.41, 5.74) is -0.918. The Hall–Kier alpha value is -2.46. The number of nitrogens with zero attached hydrogens (tertiary/aromatic N) is 1. The molecule has 1 atom stereocenters. The minimum Gasteiger partial charge on any atom is -0.451 e. The summed E-state index contributed by atoms with van der Waals surface area (Å²) in [7, 11) is 0. The molecule has 1 saturated carbocycles. The maximum absolute atomic E-state index is 13.2. The van der Waals surface area contributed by atoms with E-state index in [1.165, 1.54) is 29.5 Å². The molecule has 1 fully saturated rings. The van der Waals surface area contributed by atoms with Crippen LogP contribution in [0, 0.1) is 23.1 Å². The fourth-order valence-corrected chi connectivity index (χ4v) is 3.46. The van der Waals surface area contributed by atoms with Crippen LogP contribution in [-0.2, 0) is 9.53 Å². The minimum absolute atomic E-state index is 0.152. The van der Waals surface area contributed by atoms with Gasteiger partial charge in [0.15, 0.2) is 6.61 Å². The van der Waals surface area contributed by atoms with Gasteiger partial charge in [0.25, 0.3) is 5.91 Å². The molecule has 1 aliphatic carbocycles. The number of fused-ring (bicyclic) bond motifs is 1. The van der Waals surface area contributed by atoms with Crippen LogP contribution < -0.4 is 5.32 Å². The molecule has 7 heteroatoms. The van der Waals surface area contributed by atoms with Crippen LogP contribution in [0.3, 0.4) is 0 Å². The second kappa shape index (κ2) is 6.21. The van der Waals surface area contributed by atoms with Gasteiger partial charge >= 0.3 is 5.97 Å². The summed E-state index contributed by atoms with van der Waals surface area (Å²) in [4.78, 5) is 24.3. The Morgan fingerprint density at radius 2 is 2.21 bits per heavy atom. The van der Waals surface area contributed by atoms with Gasteiger partial charge in [0.05, 0.1) is 6.07 Å². The lowest BCUT2D eigenvalue weighted by molar-refractivity contribution is -0.125. The van der Waals surface area contributed by atoms with Gasteiger partial charge in [-0.3, -0.25) is 4.79 Å². The molecular formula is C17H15FN2O3S. The number of carbonyl (C=O) groups is 2. The third-order valence-corrected chi connectivity index (χ3v) is 5.14. The topological polar surface area (TPSA) is 79.2 Å². The summed E-state index contributed by atoms with van der Waals surface area (Å²) in [6.45, 7) is 1.22. The molecule has 124 valence electrons. The number of amides is 1. The van der Waals surface area contributed by atoms with Crippen molar-refractivity contribution in [3.05, 3.63) is 35.0 Å². The number of nitrogens with one attached hydrogen (secondary N) is 1. The SMILES string of the molecule is C[C@](C#N)(NC(=O)COC(=O)c1cc2cc(F)ccc2s1)C1CC1. The molecule has 0 saturated heterocycles. The van der Waals surface area contributed by atoms with Crippen molar-refractivity contribution in [3.63, 3.8) is 0 Å². The molecule has 1 amide bonds. The van der Waals surface area contributed by atoms with E-state index < -0.39 is 24.0 Å². The maximum atomic E-state index is 13.2. The Bertz CT molecular complexity index is 853. The predicted molar refractivity (Wildman–Crippen MR) is 87.0 cm³/mol. The van der Waals surface area contributed by atoms with Crippen LogP contribution in [0.1, 0.15) is 29.4 Å². The number of hydrogen-bond acceptors (Lipinski definition) is 5. The molecule has 0 aliphatic heterocycles. The van der Waals surface area contributed by atoms with Gasteiger partial charge < -0.3 is 10.1 Å². The molecule has 0 radical (unpaired) electrons. The monoisotopic (exact) mass is 346 g/mol. The first-order valence-corrected chi connectivity index (χ1v) is 8.31. The van der Waals surface area contributed by atoms with Crippen LogP contribution in [0.5, 0.6) is 0 Å². The standard InChI is InChI=1S/C17H15FN2O3S/c1-17(9-19,11-2-3-11)20-15(21)8-23-16(22)14-7-10-6-12(18)4-5-13(10)24-14/h4-7,11H,2-3,8H2,1H3,(H,20,21)/t17-/m1/s1. The maximum Gasteiger partial charge on any atom is 0.348 e. The summed E-state index contributed by atoms with van der Waals surface area (Å²) in [5, 5.41) is 12.4. The number of ether oxygens (including phenoxy) is 1. The van der Waals surface area contributed by atoms with Crippen LogP contribution in [0.15, 0.2) is 24.3 Å². The van der Waals surface area contributed by atoms with E-state index in [9.17, 15) is 19.2 Å². The zero-order chi connectivity index (χ0) is 17.3. The van der Waals surface area contributed by atoms with Crippen molar-refractivity contribution in [2.75, 3.05) is 6.61 Å². The molecule has 1 heterocycles. The number of rotatable bonds is 5. The van der Waals surface area contributed by atoms with E-state index in [2.05, 4.69) is 11.4 Å². The van der Waals surface area contributed by atoms with Gasteiger partial charge in [0, 0.05) is 4.70 Å². The zero-order valence-electron chi connectivity index (χ0n) is 13.0. The van der Waals surface area contributed by atoms with Crippen molar-refractivity contribution < 1.29 is 18.7 Å². The molecular weight excluding hydrogens is 331 g/mol. The van der Waals surface area contributed by atoms with E-state index in [1.807, 2.05) is 0 Å². The fraction of sp³-hybridized carbons (Fsp3) is 0.353. The van der Waals surface area contributed by atoms with E-state index in [4.69, 9.17) is 4.74 Å². The minimum atomic E-state index is -0.918. The summed E-state index contributed by atoms with van der Waals surface area (Å²) in [6, 6.07) is 7.89. The third-order valence-electron chi connectivity index (χ3n) is 4.04. The van der Waals surface area contributed by atoms with Gasteiger partial charge in [-0.2, -0.15) is 5.26 Å². The van der Waals surface area contributed by atoms with Crippen molar-refractivity contribution in [3.8, 4) is 6.07 Å². The van der Waals surface area contributed by atoms with Crippen LogP contribution in [0.25, 0.3) is 10.1 Å². The van der Waals surface area contributed by atoms with E-state index in [1.54, 1.807) is 13.0 Å². The second-order valence-electron chi connectivity index (χ2n) is 6.01. The van der Waals surface area contributed by atoms with Gasteiger partial charge in [-0.25, -0.2) is 9.18 Å². The van der Waals surface area contributed by atoms with Crippen molar-refractivity contribution in [2.45, 2.75) is 25.3 Å². The molecule has 1 aliphatic rings. The molecule has 1 aromatic heterocycles. The first-order chi connectivity index (χ1) is 11.4. The summed E-state index contributed by atoms with van der Waals surface area (Å²) < 4.78 is 18.9. The highest BCUT2D eigenvalue weighted by atomic mass is 32.1. The van der Waals surface area contributed by atoms with E-state index in [0.717, 1.165) is 17.5 Å².